The minimum absolute atomic E-state index is 0.00647. The standard InChI is InChI=1S/C17H16F2O/c1-11(2)17(20)7-12-3-5-13(6-4-12)14-8-15(18)10-16(19)9-14/h3-6,8-11H,7H2,1-2H3. The van der Waals surface area contributed by atoms with Gasteiger partial charge in [0.1, 0.15) is 17.4 Å². The summed E-state index contributed by atoms with van der Waals surface area (Å²) in [7, 11) is 0. The molecule has 2 rings (SSSR count). The summed E-state index contributed by atoms with van der Waals surface area (Å²) in [6.07, 6.45) is 0.384. The van der Waals surface area contributed by atoms with Crippen LogP contribution in [0.3, 0.4) is 0 Å². The van der Waals surface area contributed by atoms with Crippen LogP contribution in [0.1, 0.15) is 19.4 Å². The number of benzene rings is 2. The fourth-order valence-electron chi connectivity index (χ4n) is 1.94. The molecule has 0 unspecified atom stereocenters. The zero-order chi connectivity index (χ0) is 14.7. The molecule has 0 fully saturated rings. The predicted octanol–water partition coefficient (Wildman–Crippen LogP) is 4.40. The van der Waals surface area contributed by atoms with Gasteiger partial charge in [0.2, 0.25) is 0 Å². The van der Waals surface area contributed by atoms with Gasteiger partial charge in [-0.15, -0.1) is 0 Å². The number of halogens is 2. The highest BCUT2D eigenvalue weighted by Crippen LogP contribution is 2.22. The first-order chi connectivity index (χ1) is 9.45. The number of carbonyl (C=O) groups excluding carboxylic acids is 1. The van der Waals surface area contributed by atoms with Gasteiger partial charge < -0.3 is 0 Å². The smallest absolute Gasteiger partial charge is 0.139 e. The van der Waals surface area contributed by atoms with Gasteiger partial charge in [-0.05, 0) is 28.8 Å². The molecule has 0 saturated carbocycles. The van der Waals surface area contributed by atoms with Crippen LogP contribution in [-0.4, -0.2) is 5.78 Å². The zero-order valence-corrected chi connectivity index (χ0v) is 11.5. The molecule has 20 heavy (non-hydrogen) atoms. The van der Waals surface area contributed by atoms with Crippen LogP contribution in [0.25, 0.3) is 11.1 Å². The highest BCUT2D eigenvalue weighted by Gasteiger charge is 2.09. The van der Waals surface area contributed by atoms with E-state index in [0.29, 0.717) is 12.0 Å². The summed E-state index contributed by atoms with van der Waals surface area (Å²) >= 11 is 0. The molecule has 0 aliphatic rings. The van der Waals surface area contributed by atoms with Gasteiger partial charge >= 0.3 is 0 Å². The number of rotatable bonds is 4. The average Bonchev–Trinajstić information content (AvgIpc) is 2.38. The summed E-state index contributed by atoms with van der Waals surface area (Å²) in [5.74, 6) is -1.01. The Morgan fingerprint density at radius 3 is 2.00 bits per heavy atom. The van der Waals surface area contributed by atoms with Crippen molar-refractivity contribution in [3.05, 3.63) is 59.7 Å². The lowest BCUT2D eigenvalue weighted by Crippen LogP contribution is -2.09. The third-order valence-electron chi connectivity index (χ3n) is 3.17. The maximum absolute atomic E-state index is 13.2. The zero-order valence-electron chi connectivity index (χ0n) is 11.5. The number of ketones is 1. The van der Waals surface area contributed by atoms with Crippen molar-refractivity contribution in [2.24, 2.45) is 5.92 Å². The molecule has 0 bridgehead atoms. The van der Waals surface area contributed by atoms with Crippen LogP contribution in [0.4, 0.5) is 8.78 Å². The SMILES string of the molecule is CC(C)C(=O)Cc1ccc(-c2cc(F)cc(F)c2)cc1. The number of hydrogen-bond acceptors (Lipinski definition) is 1. The molecule has 0 aliphatic carbocycles. The summed E-state index contributed by atoms with van der Waals surface area (Å²) in [6.45, 7) is 3.73. The van der Waals surface area contributed by atoms with E-state index in [4.69, 9.17) is 0 Å². The van der Waals surface area contributed by atoms with Gasteiger partial charge in [-0.1, -0.05) is 38.1 Å². The molecule has 0 radical (unpaired) electrons. The maximum atomic E-state index is 13.2. The van der Waals surface area contributed by atoms with Gasteiger partial charge in [-0.25, -0.2) is 8.78 Å². The van der Waals surface area contributed by atoms with Crippen LogP contribution >= 0.6 is 0 Å². The summed E-state index contributed by atoms with van der Waals surface area (Å²) in [5.41, 5.74) is 2.12. The van der Waals surface area contributed by atoms with Crippen LogP contribution in [0.2, 0.25) is 0 Å². The van der Waals surface area contributed by atoms with Gasteiger partial charge in [0.15, 0.2) is 0 Å². The van der Waals surface area contributed by atoms with Crippen molar-refractivity contribution >= 4 is 5.78 Å². The number of hydrogen-bond donors (Lipinski definition) is 0. The summed E-state index contributed by atoms with van der Waals surface area (Å²) < 4.78 is 26.3. The molecule has 3 heteroatoms. The Hall–Kier alpha value is -2.03. The van der Waals surface area contributed by atoms with E-state index in [-0.39, 0.29) is 11.7 Å². The molecule has 0 saturated heterocycles. The molecule has 0 amide bonds. The Labute approximate surface area is 117 Å². The van der Waals surface area contributed by atoms with Crippen LogP contribution in [0.15, 0.2) is 42.5 Å². The highest BCUT2D eigenvalue weighted by molar-refractivity contribution is 5.82. The second kappa shape index (κ2) is 5.95. The molecule has 0 heterocycles. The second-order valence-electron chi connectivity index (χ2n) is 5.15. The monoisotopic (exact) mass is 274 g/mol. The normalized spacial score (nSPS) is 10.8. The van der Waals surface area contributed by atoms with Crippen molar-refractivity contribution in [1.29, 1.82) is 0 Å². The van der Waals surface area contributed by atoms with E-state index < -0.39 is 11.6 Å². The van der Waals surface area contributed by atoms with Crippen molar-refractivity contribution in [1.82, 2.24) is 0 Å². The Morgan fingerprint density at radius 1 is 0.950 bits per heavy atom. The van der Waals surface area contributed by atoms with E-state index in [9.17, 15) is 13.6 Å². The van der Waals surface area contributed by atoms with Crippen molar-refractivity contribution in [3.63, 3.8) is 0 Å². The summed E-state index contributed by atoms with van der Waals surface area (Å²) in [4.78, 5) is 11.7. The maximum Gasteiger partial charge on any atom is 0.139 e. The van der Waals surface area contributed by atoms with E-state index in [1.165, 1.54) is 12.1 Å². The Kier molecular flexibility index (Phi) is 4.28. The Bertz CT molecular complexity index is 595. The topological polar surface area (TPSA) is 17.1 Å². The van der Waals surface area contributed by atoms with Gasteiger partial charge in [-0.2, -0.15) is 0 Å². The third-order valence-corrected chi connectivity index (χ3v) is 3.17. The van der Waals surface area contributed by atoms with Crippen molar-refractivity contribution in [2.75, 3.05) is 0 Å². The first-order valence-corrected chi connectivity index (χ1v) is 6.54. The van der Waals surface area contributed by atoms with Crippen LogP contribution < -0.4 is 0 Å². The van der Waals surface area contributed by atoms with Gasteiger partial charge in [0.05, 0.1) is 0 Å². The first-order valence-electron chi connectivity index (χ1n) is 6.54. The molecule has 0 aromatic heterocycles. The number of carbonyl (C=O) groups is 1. The van der Waals surface area contributed by atoms with Crippen LogP contribution in [-0.2, 0) is 11.2 Å². The minimum atomic E-state index is -0.598. The quantitative estimate of drug-likeness (QED) is 0.807. The number of Topliss-reactive ketones (excluding diaryl/α,β-unsaturated/α-hetero) is 1. The van der Waals surface area contributed by atoms with Crippen molar-refractivity contribution < 1.29 is 13.6 Å². The molecule has 2 aromatic carbocycles. The van der Waals surface area contributed by atoms with E-state index in [1.807, 2.05) is 26.0 Å². The third kappa shape index (κ3) is 3.50. The molecule has 104 valence electrons. The largest absolute Gasteiger partial charge is 0.299 e. The predicted molar refractivity (Wildman–Crippen MR) is 75.3 cm³/mol. The molecular formula is C17H16F2O. The van der Waals surface area contributed by atoms with Gasteiger partial charge in [-0.3, -0.25) is 4.79 Å². The molecule has 0 spiro atoms. The fourth-order valence-corrected chi connectivity index (χ4v) is 1.94. The second-order valence-corrected chi connectivity index (χ2v) is 5.15. The van der Waals surface area contributed by atoms with E-state index >= 15 is 0 Å². The summed E-state index contributed by atoms with van der Waals surface area (Å²) in [6, 6.07) is 10.6. The average molecular weight is 274 g/mol. The molecular weight excluding hydrogens is 258 g/mol. The van der Waals surface area contributed by atoms with E-state index in [1.54, 1.807) is 12.1 Å². The van der Waals surface area contributed by atoms with Gasteiger partial charge in [0.25, 0.3) is 0 Å². The van der Waals surface area contributed by atoms with Gasteiger partial charge in [0, 0.05) is 18.4 Å². The molecule has 2 aromatic rings. The first kappa shape index (κ1) is 14.4. The lowest BCUT2D eigenvalue weighted by Gasteiger charge is -2.06. The molecule has 0 aliphatic heterocycles. The van der Waals surface area contributed by atoms with Crippen LogP contribution in [0.5, 0.6) is 0 Å². The van der Waals surface area contributed by atoms with Crippen LogP contribution in [0, 0.1) is 17.6 Å². The molecule has 1 nitrogen and oxygen atoms in total. The highest BCUT2D eigenvalue weighted by atomic mass is 19.1. The van der Waals surface area contributed by atoms with Crippen molar-refractivity contribution in [3.8, 4) is 11.1 Å². The molecule has 0 atom stereocenters. The molecule has 0 N–H and O–H groups in total. The Morgan fingerprint density at radius 2 is 1.50 bits per heavy atom. The van der Waals surface area contributed by atoms with Crippen molar-refractivity contribution in [2.45, 2.75) is 20.3 Å². The fraction of sp³-hybridized carbons (Fsp3) is 0.235. The summed E-state index contributed by atoms with van der Waals surface area (Å²) in [5, 5.41) is 0. The lowest BCUT2D eigenvalue weighted by atomic mass is 9.98. The van der Waals surface area contributed by atoms with E-state index in [0.717, 1.165) is 17.2 Å². The Balaban J connectivity index is 2.21. The minimum Gasteiger partial charge on any atom is -0.299 e. The lowest BCUT2D eigenvalue weighted by molar-refractivity contribution is -0.121. The van der Waals surface area contributed by atoms with E-state index in [2.05, 4.69) is 0 Å².